The van der Waals surface area contributed by atoms with E-state index in [9.17, 15) is 4.79 Å². The van der Waals surface area contributed by atoms with Crippen LogP contribution in [0.5, 0.6) is 5.75 Å². The fourth-order valence-electron chi connectivity index (χ4n) is 3.42. The van der Waals surface area contributed by atoms with Gasteiger partial charge in [0.05, 0.1) is 6.54 Å². The van der Waals surface area contributed by atoms with E-state index in [0.29, 0.717) is 0 Å². The third-order valence-corrected chi connectivity index (χ3v) is 4.83. The van der Waals surface area contributed by atoms with E-state index in [4.69, 9.17) is 21.4 Å². The van der Waals surface area contributed by atoms with Crippen LogP contribution in [0.25, 0.3) is 0 Å². The van der Waals surface area contributed by atoms with Crippen LogP contribution in [0.15, 0.2) is 12.1 Å². The van der Waals surface area contributed by atoms with Gasteiger partial charge < -0.3 is 9.84 Å². The zero-order valence-electron chi connectivity index (χ0n) is 12.2. The second-order valence-electron chi connectivity index (χ2n) is 6.17. The molecule has 0 unspecified atom stereocenters. The lowest BCUT2D eigenvalue weighted by molar-refractivity contribution is -0.139. The number of hydrogen-bond donors (Lipinski definition) is 1. The highest BCUT2D eigenvalue weighted by molar-refractivity contribution is 6.30. The third kappa shape index (κ3) is 3.01. The van der Waals surface area contributed by atoms with Crippen molar-refractivity contribution >= 4 is 17.6 Å². The molecule has 1 aromatic carbocycles. The number of nitrogens with zero attached hydrogens (tertiary/aromatic N) is 1. The number of hydrogen-bond acceptors (Lipinski definition) is 3. The zero-order chi connectivity index (χ0) is 15.0. The maximum absolute atomic E-state index is 10.8. The van der Waals surface area contributed by atoms with Gasteiger partial charge in [-0.3, -0.25) is 9.69 Å². The molecule has 21 heavy (non-hydrogen) atoms. The summed E-state index contributed by atoms with van der Waals surface area (Å²) in [5.41, 5.74) is 2.16. The molecule has 0 radical (unpaired) electrons. The van der Waals surface area contributed by atoms with Crippen molar-refractivity contribution in [2.45, 2.75) is 38.2 Å². The summed E-state index contributed by atoms with van der Waals surface area (Å²) in [6.07, 6.45) is 3.75. The van der Waals surface area contributed by atoms with E-state index in [0.717, 1.165) is 55.1 Å². The van der Waals surface area contributed by atoms with E-state index in [2.05, 4.69) is 0 Å². The fourth-order valence-corrected chi connectivity index (χ4v) is 3.72. The van der Waals surface area contributed by atoms with Crippen molar-refractivity contribution in [3.63, 3.8) is 0 Å². The Morgan fingerprint density at radius 3 is 2.76 bits per heavy atom. The number of fused-ring (bicyclic) bond motifs is 1. The van der Waals surface area contributed by atoms with Crippen molar-refractivity contribution in [3.8, 4) is 5.75 Å². The van der Waals surface area contributed by atoms with Crippen LogP contribution in [-0.2, 0) is 11.2 Å². The molecule has 0 atom stereocenters. The lowest BCUT2D eigenvalue weighted by Gasteiger charge is -2.44. The van der Waals surface area contributed by atoms with Crippen LogP contribution in [0.1, 0.15) is 30.4 Å². The first-order chi connectivity index (χ1) is 9.97. The molecule has 0 aromatic heterocycles. The summed E-state index contributed by atoms with van der Waals surface area (Å²) in [4.78, 5) is 12.8. The Balaban J connectivity index is 1.73. The van der Waals surface area contributed by atoms with E-state index in [1.165, 1.54) is 5.56 Å². The number of carboxylic acids is 1. The molecule has 1 fully saturated rings. The predicted octanol–water partition coefficient (Wildman–Crippen LogP) is 2.89. The van der Waals surface area contributed by atoms with Crippen molar-refractivity contribution in [1.82, 2.24) is 4.90 Å². The first-order valence-corrected chi connectivity index (χ1v) is 7.77. The fraction of sp³-hybridized carbons (Fsp3) is 0.562. The van der Waals surface area contributed by atoms with Gasteiger partial charge in [-0.15, -0.1) is 0 Å². The summed E-state index contributed by atoms with van der Waals surface area (Å²) in [5.74, 6) is 0.226. The molecule has 114 valence electrons. The van der Waals surface area contributed by atoms with Crippen LogP contribution in [0.4, 0.5) is 0 Å². The SMILES string of the molecule is Cc1cc(Cl)cc2c1OC1(CC2)CCN(CC(=O)O)CC1. The molecule has 2 aliphatic heterocycles. The van der Waals surface area contributed by atoms with Crippen molar-refractivity contribution in [3.05, 3.63) is 28.3 Å². The van der Waals surface area contributed by atoms with Crippen molar-refractivity contribution < 1.29 is 14.6 Å². The van der Waals surface area contributed by atoms with Gasteiger partial charge in [0, 0.05) is 18.1 Å². The second-order valence-corrected chi connectivity index (χ2v) is 6.60. The molecule has 1 aromatic rings. The molecule has 0 amide bonds. The Labute approximate surface area is 129 Å². The number of aliphatic carboxylic acids is 1. The number of aryl methyl sites for hydroxylation is 2. The number of carbonyl (C=O) groups is 1. The van der Waals surface area contributed by atoms with Crippen molar-refractivity contribution in [2.24, 2.45) is 0 Å². The molecule has 3 rings (SSSR count). The Kier molecular flexibility index (Phi) is 3.84. The predicted molar refractivity (Wildman–Crippen MR) is 81.2 cm³/mol. The zero-order valence-corrected chi connectivity index (χ0v) is 12.9. The molecule has 0 aliphatic carbocycles. The summed E-state index contributed by atoms with van der Waals surface area (Å²) < 4.78 is 6.37. The maximum atomic E-state index is 10.8. The molecule has 1 N–H and O–H groups in total. The van der Waals surface area contributed by atoms with Crippen molar-refractivity contribution in [2.75, 3.05) is 19.6 Å². The van der Waals surface area contributed by atoms with Crippen LogP contribution < -0.4 is 4.74 Å². The van der Waals surface area contributed by atoms with E-state index in [-0.39, 0.29) is 12.1 Å². The second kappa shape index (κ2) is 5.50. The highest BCUT2D eigenvalue weighted by Crippen LogP contribution is 2.42. The van der Waals surface area contributed by atoms with Gasteiger partial charge in [0.1, 0.15) is 11.4 Å². The molecule has 1 saturated heterocycles. The number of likely N-dealkylation sites (tertiary alicyclic amines) is 1. The standard InChI is InChI=1S/C16H20ClNO3/c1-11-8-13(17)9-12-2-3-16(21-15(11)12)4-6-18(7-5-16)10-14(19)20/h8-9H,2-7,10H2,1H3,(H,19,20). The number of benzene rings is 1. The maximum Gasteiger partial charge on any atom is 0.317 e. The lowest BCUT2D eigenvalue weighted by Crippen LogP contribution is -2.50. The number of ether oxygens (including phenoxy) is 1. The normalized spacial score (nSPS) is 20.9. The molecule has 2 aliphatic rings. The molecule has 0 saturated carbocycles. The quantitative estimate of drug-likeness (QED) is 0.912. The minimum absolute atomic E-state index is 0.124. The van der Waals surface area contributed by atoms with Gasteiger partial charge in [0.25, 0.3) is 0 Å². The van der Waals surface area contributed by atoms with Crippen molar-refractivity contribution in [1.29, 1.82) is 0 Å². The number of carboxylic acid groups (broad SMARTS) is 1. The van der Waals surface area contributed by atoms with Gasteiger partial charge in [0.15, 0.2) is 0 Å². The first-order valence-electron chi connectivity index (χ1n) is 7.40. The average Bonchev–Trinajstić information content (AvgIpc) is 2.42. The van der Waals surface area contributed by atoms with Gasteiger partial charge >= 0.3 is 5.97 Å². The molecule has 2 heterocycles. The highest BCUT2D eigenvalue weighted by atomic mass is 35.5. The highest BCUT2D eigenvalue weighted by Gasteiger charge is 2.40. The van der Waals surface area contributed by atoms with E-state index in [1.807, 2.05) is 24.0 Å². The molecule has 5 heteroatoms. The summed E-state index contributed by atoms with van der Waals surface area (Å²) >= 11 is 6.11. The van der Waals surface area contributed by atoms with Gasteiger partial charge in [0.2, 0.25) is 0 Å². The molecular weight excluding hydrogens is 290 g/mol. The first kappa shape index (κ1) is 14.7. The summed E-state index contributed by atoms with van der Waals surface area (Å²) in [6.45, 7) is 3.73. The summed E-state index contributed by atoms with van der Waals surface area (Å²) in [6, 6.07) is 3.94. The van der Waals surface area contributed by atoms with E-state index < -0.39 is 5.97 Å². The van der Waals surface area contributed by atoms with Gasteiger partial charge in [-0.05, 0) is 55.9 Å². The number of rotatable bonds is 2. The smallest absolute Gasteiger partial charge is 0.317 e. The van der Waals surface area contributed by atoms with Gasteiger partial charge in [-0.2, -0.15) is 0 Å². The molecule has 4 nitrogen and oxygen atoms in total. The molecule has 1 spiro atoms. The Hall–Kier alpha value is -1.26. The topological polar surface area (TPSA) is 49.8 Å². The summed E-state index contributed by atoms with van der Waals surface area (Å²) in [5, 5.41) is 9.64. The van der Waals surface area contributed by atoms with E-state index >= 15 is 0 Å². The van der Waals surface area contributed by atoms with Gasteiger partial charge in [-0.25, -0.2) is 0 Å². The van der Waals surface area contributed by atoms with Crippen LogP contribution in [0, 0.1) is 6.92 Å². The Bertz CT molecular complexity index is 565. The monoisotopic (exact) mass is 309 g/mol. The minimum atomic E-state index is -0.758. The minimum Gasteiger partial charge on any atom is -0.487 e. The number of piperidine rings is 1. The van der Waals surface area contributed by atoms with Gasteiger partial charge in [-0.1, -0.05) is 11.6 Å². The molecular formula is C16H20ClNO3. The molecule has 0 bridgehead atoms. The summed E-state index contributed by atoms with van der Waals surface area (Å²) in [7, 11) is 0. The van der Waals surface area contributed by atoms with Crippen LogP contribution >= 0.6 is 11.6 Å². The van der Waals surface area contributed by atoms with Crippen LogP contribution in [0.2, 0.25) is 5.02 Å². The Morgan fingerprint density at radius 2 is 2.10 bits per heavy atom. The van der Waals surface area contributed by atoms with E-state index in [1.54, 1.807) is 0 Å². The average molecular weight is 310 g/mol. The largest absolute Gasteiger partial charge is 0.487 e. The van der Waals surface area contributed by atoms with Crippen LogP contribution in [0.3, 0.4) is 0 Å². The Morgan fingerprint density at radius 1 is 1.38 bits per heavy atom. The van der Waals surface area contributed by atoms with Crippen LogP contribution in [-0.4, -0.2) is 41.2 Å². The number of halogens is 1. The lowest BCUT2D eigenvalue weighted by atomic mass is 9.82. The third-order valence-electron chi connectivity index (χ3n) is 4.61.